The van der Waals surface area contributed by atoms with E-state index >= 15 is 0 Å². The van der Waals surface area contributed by atoms with Gasteiger partial charge in [-0.3, -0.25) is 4.79 Å². The number of carbonyl (C=O) groups excluding carboxylic acids is 3. The van der Waals surface area contributed by atoms with Gasteiger partial charge >= 0.3 is 11.9 Å². The zero-order valence-corrected chi connectivity index (χ0v) is 13.5. The van der Waals surface area contributed by atoms with Crippen LogP contribution >= 0.6 is 0 Å². The molecule has 1 aromatic heterocycles. The number of rotatable bonds is 4. The molecular formula is C18H17NO5. The lowest BCUT2D eigenvalue weighted by atomic mass is 10.0. The quantitative estimate of drug-likeness (QED) is 0.636. The fourth-order valence-electron chi connectivity index (χ4n) is 3.16. The van der Waals surface area contributed by atoms with Gasteiger partial charge in [0.15, 0.2) is 0 Å². The number of hydrogen-bond donors (Lipinski definition) is 0. The minimum atomic E-state index is -0.711. The number of fused-ring (bicyclic) bond motifs is 1. The van der Waals surface area contributed by atoms with E-state index in [0.29, 0.717) is 24.2 Å². The molecule has 1 aliphatic heterocycles. The van der Waals surface area contributed by atoms with Crippen molar-refractivity contribution in [3.8, 4) is 0 Å². The molecule has 2 aromatic rings. The maximum atomic E-state index is 13.0. The van der Waals surface area contributed by atoms with Crippen LogP contribution in [0.2, 0.25) is 0 Å². The van der Waals surface area contributed by atoms with E-state index in [9.17, 15) is 14.4 Å². The summed E-state index contributed by atoms with van der Waals surface area (Å²) in [6.45, 7) is 0.574. The number of ether oxygens (including phenoxy) is 2. The predicted octanol–water partition coefficient (Wildman–Crippen LogP) is 2.24. The van der Waals surface area contributed by atoms with Gasteiger partial charge in [-0.2, -0.15) is 0 Å². The minimum Gasteiger partial charge on any atom is -0.465 e. The molecule has 0 bridgehead atoms. The van der Waals surface area contributed by atoms with E-state index in [4.69, 9.17) is 9.47 Å². The Morgan fingerprint density at radius 2 is 1.58 bits per heavy atom. The van der Waals surface area contributed by atoms with E-state index in [0.717, 1.165) is 6.42 Å². The molecule has 0 fully saturated rings. The van der Waals surface area contributed by atoms with Gasteiger partial charge in [-0.15, -0.1) is 0 Å². The number of nitrogens with zero attached hydrogens (tertiary/aromatic N) is 1. The lowest BCUT2D eigenvalue weighted by Gasteiger charge is -2.08. The molecule has 0 atom stereocenters. The summed E-state index contributed by atoms with van der Waals surface area (Å²) in [5.74, 6) is -1.65. The maximum Gasteiger partial charge on any atom is 0.341 e. The van der Waals surface area contributed by atoms with Crippen LogP contribution in [0.15, 0.2) is 30.3 Å². The van der Waals surface area contributed by atoms with Crippen molar-refractivity contribution in [1.82, 2.24) is 4.57 Å². The van der Waals surface area contributed by atoms with Gasteiger partial charge in [0.1, 0.15) is 11.3 Å². The summed E-state index contributed by atoms with van der Waals surface area (Å²) in [6.07, 6.45) is 1.41. The molecule has 0 saturated heterocycles. The first-order valence-corrected chi connectivity index (χ1v) is 7.61. The number of esters is 2. The smallest absolute Gasteiger partial charge is 0.341 e. The third-order valence-corrected chi connectivity index (χ3v) is 4.20. The second-order valence-corrected chi connectivity index (χ2v) is 5.48. The molecule has 1 aliphatic rings. The second kappa shape index (κ2) is 6.31. The van der Waals surface area contributed by atoms with Crippen molar-refractivity contribution in [1.29, 1.82) is 0 Å². The third-order valence-electron chi connectivity index (χ3n) is 4.20. The zero-order valence-electron chi connectivity index (χ0n) is 13.5. The molecule has 3 rings (SSSR count). The number of carbonyl (C=O) groups is 3. The lowest BCUT2D eigenvalue weighted by molar-refractivity contribution is 0.0554. The lowest BCUT2D eigenvalue weighted by Crippen LogP contribution is -2.16. The number of aromatic nitrogens is 1. The second-order valence-electron chi connectivity index (χ2n) is 5.48. The molecule has 2 heterocycles. The van der Waals surface area contributed by atoms with Crippen LogP contribution < -0.4 is 0 Å². The molecule has 6 heteroatoms. The van der Waals surface area contributed by atoms with Gasteiger partial charge in [0.05, 0.1) is 19.8 Å². The molecule has 124 valence electrons. The van der Waals surface area contributed by atoms with Gasteiger partial charge < -0.3 is 14.0 Å². The molecule has 0 radical (unpaired) electrons. The van der Waals surface area contributed by atoms with Crippen molar-refractivity contribution in [2.45, 2.75) is 19.4 Å². The maximum absolute atomic E-state index is 13.0. The van der Waals surface area contributed by atoms with Crippen molar-refractivity contribution in [3.05, 3.63) is 58.4 Å². The normalized spacial score (nSPS) is 12.6. The van der Waals surface area contributed by atoms with E-state index in [-0.39, 0.29) is 22.6 Å². The Morgan fingerprint density at radius 3 is 2.21 bits per heavy atom. The zero-order chi connectivity index (χ0) is 17.3. The van der Waals surface area contributed by atoms with Crippen LogP contribution in [0.5, 0.6) is 0 Å². The monoisotopic (exact) mass is 327 g/mol. The highest BCUT2D eigenvalue weighted by Gasteiger charge is 2.37. The fourth-order valence-corrected chi connectivity index (χ4v) is 3.16. The van der Waals surface area contributed by atoms with Crippen LogP contribution in [-0.4, -0.2) is 36.5 Å². The van der Waals surface area contributed by atoms with Crippen LogP contribution in [0.4, 0.5) is 0 Å². The first-order chi connectivity index (χ1) is 11.6. The van der Waals surface area contributed by atoms with Crippen LogP contribution in [-0.2, 0) is 22.4 Å². The van der Waals surface area contributed by atoms with Crippen LogP contribution in [0.1, 0.15) is 48.9 Å². The van der Waals surface area contributed by atoms with E-state index in [2.05, 4.69) is 0 Å². The summed E-state index contributed by atoms with van der Waals surface area (Å²) >= 11 is 0. The Balaban J connectivity index is 2.27. The Bertz CT molecular complexity index is 820. The topological polar surface area (TPSA) is 74.6 Å². The summed E-state index contributed by atoms with van der Waals surface area (Å²) in [7, 11) is 2.48. The number of hydrogen-bond acceptors (Lipinski definition) is 5. The van der Waals surface area contributed by atoms with Gasteiger partial charge in [-0.1, -0.05) is 30.3 Å². The van der Waals surface area contributed by atoms with Crippen molar-refractivity contribution < 1.29 is 23.9 Å². The van der Waals surface area contributed by atoms with E-state index in [1.807, 2.05) is 0 Å². The third kappa shape index (κ3) is 2.40. The van der Waals surface area contributed by atoms with E-state index in [1.54, 1.807) is 34.9 Å². The average molecular weight is 327 g/mol. The molecule has 0 N–H and O–H groups in total. The summed E-state index contributed by atoms with van der Waals surface area (Å²) in [6, 6.07) is 8.66. The molecule has 24 heavy (non-hydrogen) atoms. The predicted molar refractivity (Wildman–Crippen MR) is 85.3 cm³/mol. The first-order valence-electron chi connectivity index (χ1n) is 7.61. The Kier molecular flexibility index (Phi) is 4.20. The Labute approximate surface area is 139 Å². The van der Waals surface area contributed by atoms with Gasteiger partial charge in [-0.05, 0) is 12.8 Å². The molecule has 1 aromatic carbocycles. The molecular weight excluding hydrogens is 310 g/mol. The van der Waals surface area contributed by atoms with Crippen molar-refractivity contribution in [2.75, 3.05) is 14.2 Å². The number of benzene rings is 1. The van der Waals surface area contributed by atoms with Gasteiger partial charge in [0.2, 0.25) is 5.78 Å². The van der Waals surface area contributed by atoms with Crippen LogP contribution in [0.3, 0.4) is 0 Å². The summed E-state index contributed by atoms with van der Waals surface area (Å²) in [5, 5.41) is 0. The molecule has 0 unspecified atom stereocenters. The van der Waals surface area contributed by atoms with Gasteiger partial charge in [0, 0.05) is 17.8 Å². The number of methoxy groups -OCH3 is 2. The van der Waals surface area contributed by atoms with Crippen molar-refractivity contribution >= 4 is 17.7 Å². The Morgan fingerprint density at radius 1 is 0.958 bits per heavy atom. The molecule has 6 nitrogen and oxygen atoms in total. The highest BCUT2D eigenvalue weighted by molar-refractivity contribution is 6.17. The van der Waals surface area contributed by atoms with E-state index < -0.39 is 11.9 Å². The van der Waals surface area contributed by atoms with Gasteiger partial charge in [-0.25, -0.2) is 9.59 Å². The van der Waals surface area contributed by atoms with Crippen LogP contribution in [0, 0.1) is 0 Å². The highest BCUT2D eigenvalue weighted by atomic mass is 16.5. The average Bonchev–Trinajstić information content (AvgIpc) is 3.20. The minimum absolute atomic E-state index is 0.00657. The summed E-state index contributed by atoms with van der Waals surface area (Å²) in [4.78, 5) is 37.5. The highest BCUT2D eigenvalue weighted by Crippen LogP contribution is 2.32. The first kappa shape index (κ1) is 16.0. The molecule has 0 aliphatic carbocycles. The van der Waals surface area contributed by atoms with E-state index in [1.165, 1.54) is 14.2 Å². The SMILES string of the molecule is COC(=O)c1c(C(=O)OC)c(C(=O)c2ccccc2)n2c1CCC2. The van der Waals surface area contributed by atoms with Crippen LogP contribution in [0.25, 0.3) is 0 Å². The molecule has 0 saturated carbocycles. The van der Waals surface area contributed by atoms with Crippen molar-refractivity contribution in [2.24, 2.45) is 0 Å². The summed E-state index contributed by atoms with van der Waals surface area (Å²) < 4.78 is 11.4. The fraction of sp³-hybridized carbons (Fsp3) is 0.278. The largest absolute Gasteiger partial charge is 0.465 e. The Hall–Kier alpha value is -2.89. The number of ketones is 1. The van der Waals surface area contributed by atoms with Crippen molar-refractivity contribution in [3.63, 3.8) is 0 Å². The summed E-state index contributed by atoms with van der Waals surface area (Å²) in [5.41, 5.74) is 1.43. The standard InChI is InChI=1S/C18H17NO5/c1-23-17(21)13-12-9-6-10-19(12)15(14(13)18(22)24-2)16(20)11-7-4-3-5-8-11/h3-5,7-8H,6,9-10H2,1-2H3. The molecule has 0 amide bonds. The molecule has 0 spiro atoms. The van der Waals surface area contributed by atoms with Gasteiger partial charge in [0.25, 0.3) is 0 Å².